The van der Waals surface area contributed by atoms with E-state index in [0.717, 1.165) is 11.4 Å². The summed E-state index contributed by atoms with van der Waals surface area (Å²) in [6.45, 7) is 0. The van der Waals surface area contributed by atoms with Gasteiger partial charge in [-0.05, 0) is 116 Å². The maximum Gasteiger partial charge on any atom is 0.0541 e. The lowest BCUT2D eigenvalue weighted by molar-refractivity contribution is 1.18. The number of aromatic nitrogens is 2. The summed E-state index contributed by atoms with van der Waals surface area (Å²) in [6, 6.07) is 88.3. The molecule has 0 fully saturated rings. The van der Waals surface area contributed by atoms with E-state index in [1.807, 2.05) is 0 Å². The molecule has 10 aromatic carbocycles. The van der Waals surface area contributed by atoms with E-state index in [2.05, 4.69) is 252 Å². The average Bonchev–Trinajstić information content (AvgIpc) is 3.87. The first kappa shape index (κ1) is 35.7. The average molecular weight is 789 g/mol. The van der Waals surface area contributed by atoms with Crippen LogP contribution in [-0.4, -0.2) is 9.13 Å². The van der Waals surface area contributed by atoms with Crippen molar-refractivity contribution < 1.29 is 0 Å². The molecule has 290 valence electrons. The molecule has 62 heavy (non-hydrogen) atoms. The highest BCUT2D eigenvalue weighted by molar-refractivity contribution is 6.12. The van der Waals surface area contributed by atoms with Gasteiger partial charge in [0.15, 0.2) is 0 Å². The van der Waals surface area contributed by atoms with Crippen LogP contribution in [0.5, 0.6) is 0 Å². The van der Waals surface area contributed by atoms with Crippen LogP contribution in [0, 0.1) is 0 Å². The number of rotatable bonds is 7. The zero-order valence-electron chi connectivity index (χ0n) is 34.0. The van der Waals surface area contributed by atoms with Crippen LogP contribution >= 0.6 is 0 Å². The van der Waals surface area contributed by atoms with E-state index in [9.17, 15) is 0 Å². The molecule has 0 aliphatic carbocycles. The first-order chi connectivity index (χ1) is 30.7. The van der Waals surface area contributed by atoms with Crippen LogP contribution in [0.15, 0.2) is 243 Å². The smallest absolute Gasteiger partial charge is 0.0541 e. The van der Waals surface area contributed by atoms with E-state index < -0.39 is 0 Å². The third-order valence-corrected chi connectivity index (χ3v) is 12.6. The first-order valence-electron chi connectivity index (χ1n) is 21.3. The molecule has 0 bridgehead atoms. The number of para-hydroxylation sites is 2. The van der Waals surface area contributed by atoms with Gasteiger partial charge in [-0.15, -0.1) is 0 Å². The molecule has 12 rings (SSSR count). The largest absolute Gasteiger partial charge is 0.309 e. The Morgan fingerprint density at radius 2 is 0.565 bits per heavy atom. The minimum Gasteiger partial charge on any atom is -0.309 e. The van der Waals surface area contributed by atoms with Crippen molar-refractivity contribution in [3.05, 3.63) is 243 Å². The van der Waals surface area contributed by atoms with Crippen molar-refractivity contribution in [2.24, 2.45) is 0 Å². The third-order valence-electron chi connectivity index (χ3n) is 12.6. The Kier molecular flexibility index (Phi) is 8.53. The second kappa shape index (κ2) is 14.8. The predicted molar refractivity (Wildman–Crippen MR) is 262 cm³/mol. The number of hydrogen-bond donors (Lipinski definition) is 0. The molecule has 0 amide bonds. The first-order valence-corrected chi connectivity index (χ1v) is 21.3. The minimum atomic E-state index is 1.15. The topological polar surface area (TPSA) is 9.86 Å². The summed E-state index contributed by atoms with van der Waals surface area (Å²) < 4.78 is 4.82. The highest BCUT2D eigenvalue weighted by atomic mass is 15.0. The summed E-state index contributed by atoms with van der Waals surface area (Å²) in [5.74, 6) is 0. The van der Waals surface area contributed by atoms with Crippen LogP contribution in [0.1, 0.15) is 0 Å². The Bertz CT molecular complexity index is 3590. The summed E-state index contributed by atoms with van der Waals surface area (Å²) in [4.78, 5) is 0. The quantitative estimate of drug-likeness (QED) is 0.152. The normalized spacial score (nSPS) is 11.5. The van der Waals surface area contributed by atoms with E-state index in [4.69, 9.17) is 0 Å². The van der Waals surface area contributed by atoms with E-state index in [-0.39, 0.29) is 0 Å². The van der Waals surface area contributed by atoms with Crippen molar-refractivity contribution in [3.8, 4) is 67.0 Å². The lowest BCUT2D eigenvalue weighted by Crippen LogP contribution is -1.94. The summed E-state index contributed by atoms with van der Waals surface area (Å²) in [5, 5.41) is 4.98. The fourth-order valence-electron chi connectivity index (χ4n) is 9.57. The lowest BCUT2D eigenvalue weighted by Gasteiger charge is -2.13. The van der Waals surface area contributed by atoms with Gasteiger partial charge in [0.05, 0.1) is 22.1 Å². The van der Waals surface area contributed by atoms with Gasteiger partial charge < -0.3 is 9.13 Å². The Hall–Kier alpha value is -8.20. The summed E-state index contributed by atoms with van der Waals surface area (Å²) in [6.07, 6.45) is 0. The van der Waals surface area contributed by atoms with Crippen LogP contribution in [-0.2, 0) is 0 Å². The lowest BCUT2D eigenvalue weighted by atomic mass is 9.94. The van der Waals surface area contributed by atoms with Crippen LogP contribution < -0.4 is 0 Å². The van der Waals surface area contributed by atoms with E-state index in [1.165, 1.54) is 99.2 Å². The van der Waals surface area contributed by atoms with Crippen molar-refractivity contribution in [3.63, 3.8) is 0 Å². The number of fused-ring (bicyclic) bond motifs is 6. The molecule has 0 aliphatic rings. The molecule has 0 radical (unpaired) electrons. The van der Waals surface area contributed by atoms with E-state index in [0.29, 0.717) is 0 Å². The van der Waals surface area contributed by atoms with Crippen LogP contribution in [0.4, 0.5) is 0 Å². The van der Waals surface area contributed by atoms with Gasteiger partial charge in [-0.25, -0.2) is 0 Å². The molecular formula is C60H40N2. The van der Waals surface area contributed by atoms with Crippen molar-refractivity contribution >= 4 is 43.6 Å². The highest BCUT2D eigenvalue weighted by Gasteiger charge is 2.17. The molecular weight excluding hydrogens is 749 g/mol. The molecule has 2 aromatic heterocycles. The zero-order chi connectivity index (χ0) is 41.0. The molecule has 0 unspecified atom stereocenters. The third kappa shape index (κ3) is 6.04. The fraction of sp³-hybridized carbons (Fsp3) is 0. The van der Waals surface area contributed by atoms with Gasteiger partial charge in [0.1, 0.15) is 0 Å². The standard InChI is InChI=1S/C60H40N2/c1-3-14-41(15-4-1)42-26-28-43(29-27-42)46-18-13-19-50(38-46)62-58-25-12-10-23-54(58)56-40-48(33-37-60(56)62)47-32-36-59-55(39-47)53-22-9-11-24-57(53)61(59)49-34-30-45(31-35-49)52-21-8-7-20-51(52)44-16-5-2-6-17-44/h1-40H. The van der Waals surface area contributed by atoms with Gasteiger partial charge >= 0.3 is 0 Å². The molecule has 0 atom stereocenters. The Balaban J connectivity index is 0.919. The summed E-state index contributed by atoms with van der Waals surface area (Å²) in [5.41, 5.74) is 19.2. The summed E-state index contributed by atoms with van der Waals surface area (Å²) in [7, 11) is 0. The number of hydrogen-bond acceptors (Lipinski definition) is 0. The minimum absolute atomic E-state index is 1.15. The van der Waals surface area contributed by atoms with Crippen LogP contribution in [0.2, 0.25) is 0 Å². The molecule has 12 aromatic rings. The molecule has 0 aliphatic heterocycles. The number of benzene rings is 10. The van der Waals surface area contributed by atoms with Crippen molar-refractivity contribution in [2.45, 2.75) is 0 Å². The van der Waals surface area contributed by atoms with E-state index in [1.54, 1.807) is 0 Å². The SMILES string of the molecule is c1ccc(-c2ccc(-c3cccc(-n4c5ccccc5c5cc(-c6ccc7c(c6)c6ccccc6n7-c6ccc(-c7ccccc7-c7ccccc7)cc6)ccc54)c3)cc2)cc1. The van der Waals surface area contributed by atoms with Gasteiger partial charge in [-0.3, -0.25) is 0 Å². The predicted octanol–water partition coefficient (Wildman–Crippen LogP) is 16.2. The second-order valence-corrected chi connectivity index (χ2v) is 16.1. The maximum absolute atomic E-state index is 2.42. The highest BCUT2D eigenvalue weighted by Crippen LogP contribution is 2.40. The Morgan fingerprint density at radius 1 is 0.194 bits per heavy atom. The summed E-state index contributed by atoms with van der Waals surface area (Å²) >= 11 is 0. The van der Waals surface area contributed by atoms with Gasteiger partial charge in [-0.2, -0.15) is 0 Å². The monoisotopic (exact) mass is 788 g/mol. The number of nitrogens with zero attached hydrogens (tertiary/aromatic N) is 2. The maximum atomic E-state index is 2.42. The molecule has 0 N–H and O–H groups in total. The van der Waals surface area contributed by atoms with Gasteiger partial charge in [-0.1, -0.05) is 182 Å². The van der Waals surface area contributed by atoms with Crippen LogP contribution in [0.25, 0.3) is 111 Å². The Morgan fingerprint density at radius 3 is 1.15 bits per heavy atom. The van der Waals surface area contributed by atoms with Gasteiger partial charge in [0, 0.05) is 32.9 Å². The van der Waals surface area contributed by atoms with Gasteiger partial charge in [0.2, 0.25) is 0 Å². The molecule has 2 nitrogen and oxygen atoms in total. The molecule has 0 saturated carbocycles. The Labute approximate surface area is 360 Å². The van der Waals surface area contributed by atoms with Crippen molar-refractivity contribution in [1.29, 1.82) is 0 Å². The van der Waals surface area contributed by atoms with Crippen molar-refractivity contribution in [1.82, 2.24) is 9.13 Å². The molecule has 0 saturated heterocycles. The van der Waals surface area contributed by atoms with Crippen molar-refractivity contribution in [2.75, 3.05) is 0 Å². The zero-order valence-corrected chi connectivity index (χ0v) is 34.0. The molecule has 2 heteroatoms. The van der Waals surface area contributed by atoms with Gasteiger partial charge in [0.25, 0.3) is 0 Å². The van der Waals surface area contributed by atoms with Crippen LogP contribution in [0.3, 0.4) is 0 Å². The van der Waals surface area contributed by atoms with E-state index >= 15 is 0 Å². The fourth-order valence-corrected chi connectivity index (χ4v) is 9.57. The molecule has 2 heterocycles. The molecule has 0 spiro atoms. The second-order valence-electron chi connectivity index (χ2n) is 16.1.